The average Bonchev–Trinajstić information content (AvgIpc) is 2.11. The van der Waals surface area contributed by atoms with Gasteiger partial charge in [0.15, 0.2) is 0 Å². The second-order valence-corrected chi connectivity index (χ2v) is 2.63. The van der Waals surface area contributed by atoms with Crippen LogP contribution < -0.4 is 0 Å². The first-order valence-corrected chi connectivity index (χ1v) is 3.75. The molecule has 0 aromatic heterocycles. The molecule has 0 aliphatic carbocycles. The third kappa shape index (κ3) is 2.23. The predicted octanol–water partition coefficient (Wildman–Crippen LogP) is 1.60. The fourth-order valence-corrected chi connectivity index (χ4v) is 1.03. The first-order valence-electron chi connectivity index (χ1n) is 3.75. The van der Waals surface area contributed by atoms with Crippen molar-refractivity contribution in [2.24, 2.45) is 0 Å². The van der Waals surface area contributed by atoms with E-state index >= 15 is 0 Å². The van der Waals surface area contributed by atoms with Crippen molar-refractivity contribution in [3.05, 3.63) is 34.9 Å². The van der Waals surface area contributed by atoms with Crippen LogP contribution in [-0.2, 0) is 18.0 Å². The molecule has 0 fully saturated rings. The molecule has 0 amide bonds. The molecule has 0 saturated heterocycles. The van der Waals surface area contributed by atoms with Crippen LogP contribution in [0.1, 0.15) is 11.1 Å². The van der Waals surface area contributed by atoms with Crippen LogP contribution >= 0.6 is 0 Å². The molecule has 0 atom stereocenters. The van der Waals surface area contributed by atoms with Gasteiger partial charge in [0, 0.05) is 12.7 Å². The standard InChI is InChI=1S/C9H10F2O2/c1-13-5-7-8(10)2-6(4-12)3-9(7)11/h2-3,12H,4-5H2,1H3. The van der Waals surface area contributed by atoms with Gasteiger partial charge in [0.25, 0.3) is 0 Å². The molecule has 1 aromatic rings. The summed E-state index contributed by atoms with van der Waals surface area (Å²) in [4.78, 5) is 0. The molecule has 0 aliphatic heterocycles. The zero-order valence-electron chi connectivity index (χ0n) is 7.18. The van der Waals surface area contributed by atoms with E-state index in [0.29, 0.717) is 0 Å². The highest BCUT2D eigenvalue weighted by molar-refractivity contribution is 5.25. The van der Waals surface area contributed by atoms with E-state index in [1.165, 1.54) is 7.11 Å². The number of aliphatic hydroxyl groups is 1. The molecule has 72 valence electrons. The van der Waals surface area contributed by atoms with Crippen molar-refractivity contribution in [2.75, 3.05) is 7.11 Å². The Morgan fingerprint density at radius 3 is 2.23 bits per heavy atom. The maximum absolute atomic E-state index is 13.1. The Kier molecular flexibility index (Phi) is 3.33. The van der Waals surface area contributed by atoms with Crippen molar-refractivity contribution in [3.63, 3.8) is 0 Å². The second-order valence-electron chi connectivity index (χ2n) is 2.63. The van der Waals surface area contributed by atoms with Crippen molar-refractivity contribution in [3.8, 4) is 0 Å². The fourth-order valence-electron chi connectivity index (χ4n) is 1.03. The number of rotatable bonds is 3. The first kappa shape index (κ1) is 10.1. The summed E-state index contributed by atoms with van der Waals surface area (Å²) in [5.74, 6) is -1.38. The van der Waals surface area contributed by atoms with Gasteiger partial charge in [-0.1, -0.05) is 0 Å². The summed E-state index contributed by atoms with van der Waals surface area (Å²) >= 11 is 0. The van der Waals surface area contributed by atoms with Crippen molar-refractivity contribution in [1.82, 2.24) is 0 Å². The summed E-state index contributed by atoms with van der Waals surface area (Å²) in [6.07, 6.45) is 0. The van der Waals surface area contributed by atoms with Gasteiger partial charge in [-0.05, 0) is 17.7 Å². The Hall–Kier alpha value is -1.00. The van der Waals surface area contributed by atoms with Crippen molar-refractivity contribution < 1.29 is 18.6 Å². The maximum atomic E-state index is 13.1. The zero-order chi connectivity index (χ0) is 9.84. The summed E-state index contributed by atoms with van der Waals surface area (Å²) < 4.78 is 30.7. The maximum Gasteiger partial charge on any atom is 0.132 e. The van der Waals surface area contributed by atoms with Crippen molar-refractivity contribution >= 4 is 0 Å². The summed E-state index contributed by atoms with van der Waals surface area (Å²) in [5.41, 5.74) is 0.106. The fraction of sp³-hybridized carbons (Fsp3) is 0.333. The highest BCUT2D eigenvalue weighted by atomic mass is 19.1. The van der Waals surface area contributed by atoms with Crippen LogP contribution in [0.15, 0.2) is 12.1 Å². The van der Waals surface area contributed by atoms with E-state index < -0.39 is 11.6 Å². The largest absolute Gasteiger partial charge is 0.392 e. The molecule has 1 aromatic carbocycles. The molecule has 13 heavy (non-hydrogen) atoms. The lowest BCUT2D eigenvalue weighted by molar-refractivity contribution is 0.177. The number of hydrogen-bond donors (Lipinski definition) is 1. The number of methoxy groups -OCH3 is 1. The Morgan fingerprint density at radius 2 is 1.85 bits per heavy atom. The Labute approximate surface area is 74.8 Å². The third-order valence-corrected chi connectivity index (χ3v) is 1.67. The first-order chi connectivity index (χ1) is 6.19. The van der Waals surface area contributed by atoms with Crippen molar-refractivity contribution in [1.29, 1.82) is 0 Å². The van der Waals surface area contributed by atoms with Crippen LogP contribution in [0.3, 0.4) is 0 Å². The van der Waals surface area contributed by atoms with Crippen molar-refractivity contribution in [2.45, 2.75) is 13.2 Å². The summed E-state index contributed by atoms with van der Waals surface area (Å²) in [5, 5.41) is 8.64. The van der Waals surface area contributed by atoms with E-state index in [-0.39, 0.29) is 24.3 Å². The van der Waals surface area contributed by atoms with Gasteiger partial charge in [0.1, 0.15) is 11.6 Å². The monoisotopic (exact) mass is 188 g/mol. The van der Waals surface area contributed by atoms with Gasteiger partial charge in [-0.15, -0.1) is 0 Å². The van der Waals surface area contributed by atoms with E-state index in [0.717, 1.165) is 12.1 Å². The lowest BCUT2D eigenvalue weighted by atomic mass is 10.1. The van der Waals surface area contributed by atoms with Gasteiger partial charge >= 0.3 is 0 Å². The van der Waals surface area contributed by atoms with Crippen LogP contribution in [0.25, 0.3) is 0 Å². The Bertz CT molecular complexity index is 277. The summed E-state index contributed by atoms with van der Waals surface area (Å²) in [7, 11) is 1.36. The molecule has 1 N–H and O–H groups in total. The van der Waals surface area contributed by atoms with Gasteiger partial charge < -0.3 is 9.84 Å². The van der Waals surface area contributed by atoms with Gasteiger partial charge in [-0.3, -0.25) is 0 Å². The molecule has 1 rings (SSSR count). The van der Waals surface area contributed by atoms with E-state index in [1.807, 2.05) is 0 Å². The minimum Gasteiger partial charge on any atom is -0.392 e. The lowest BCUT2D eigenvalue weighted by Gasteiger charge is -2.05. The highest BCUT2D eigenvalue weighted by Gasteiger charge is 2.10. The Morgan fingerprint density at radius 1 is 1.31 bits per heavy atom. The molecule has 0 unspecified atom stereocenters. The zero-order valence-corrected chi connectivity index (χ0v) is 7.18. The molecule has 2 nitrogen and oxygen atoms in total. The molecular formula is C9H10F2O2. The molecule has 0 heterocycles. The van der Waals surface area contributed by atoms with Crippen LogP contribution in [0.5, 0.6) is 0 Å². The quantitative estimate of drug-likeness (QED) is 0.780. The Balaban J connectivity index is 3.07. The SMILES string of the molecule is COCc1c(F)cc(CO)cc1F. The molecule has 0 saturated carbocycles. The lowest BCUT2D eigenvalue weighted by Crippen LogP contribution is -1.99. The average molecular weight is 188 g/mol. The second kappa shape index (κ2) is 4.30. The van der Waals surface area contributed by atoms with Gasteiger partial charge in [0.2, 0.25) is 0 Å². The van der Waals surface area contributed by atoms with E-state index in [4.69, 9.17) is 5.11 Å². The van der Waals surface area contributed by atoms with E-state index in [2.05, 4.69) is 4.74 Å². The number of benzene rings is 1. The third-order valence-electron chi connectivity index (χ3n) is 1.67. The van der Waals surface area contributed by atoms with Crippen LogP contribution in [-0.4, -0.2) is 12.2 Å². The predicted molar refractivity (Wildman–Crippen MR) is 43.0 cm³/mol. The number of aliphatic hydroxyl groups excluding tert-OH is 1. The molecule has 0 bridgehead atoms. The minimum absolute atomic E-state index is 0.108. The van der Waals surface area contributed by atoms with Crippen LogP contribution in [0.4, 0.5) is 8.78 Å². The van der Waals surface area contributed by atoms with Gasteiger partial charge in [-0.25, -0.2) is 8.78 Å². The smallest absolute Gasteiger partial charge is 0.132 e. The number of ether oxygens (including phenoxy) is 1. The molecular weight excluding hydrogens is 178 g/mol. The molecule has 0 radical (unpaired) electrons. The normalized spacial score (nSPS) is 10.5. The molecule has 0 aliphatic rings. The van der Waals surface area contributed by atoms with Crippen LogP contribution in [0, 0.1) is 11.6 Å². The van der Waals surface area contributed by atoms with Crippen LogP contribution in [0.2, 0.25) is 0 Å². The topological polar surface area (TPSA) is 29.5 Å². The summed E-state index contributed by atoms with van der Waals surface area (Å²) in [6, 6.07) is 2.19. The van der Waals surface area contributed by atoms with E-state index in [1.54, 1.807) is 0 Å². The van der Waals surface area contributed by atoms with Gasteiger partial charge in [-0.2, -0.15) is 0 Å². The van der Waals surface area contributed by atoms with Gasteiger partial charge in [0.05, 0.1) is 13.2 Å². The minimum atomic E-state index is -0.689. The number of hydrogen-bond acceptors (Lipinski definition) is 2. The summed E-state index contributed by atoms with van der Waals surface area (Å²) in [6.45, 7) is -0.482. The number of halogens is 2. The highest BCUT2D eigenvalue weighted by Crippen LogP contribution is 2.16. The molecule has 4 heteroatoms. The van der Waals surface area contributed by atoms with E-state index in [9.17, 15) is 8.78 Å². The molecule has 0 spiro atoms.